The van der Waals surface area contributed by atoms with E-state index in [1.807, 2.05) is 6.07 Å². The van der Waals surface area contributed by atoms with Crippen LogP contribution in [0.3, 0.4) is 0 Å². The highest BCUT2D eigenvalue weighted by Crippen LogP contribution is 2.20. The summed E-state index contributed by atoms with van der Waals surface area (Å²) in [6.45, 7) is 4.81. The van der Waals surface area contributed by atoms with Crippen molar-refractivity contribution in [2.75, 3.05) is 6.54 Å². The van der Waals surface area contributed by atoms with E-state index >= 15 is 0 Å². The Kier molecular flexibility index (Phi) is 5.04. The maximum absolute atomic E-state index is 5.87. The number of aryl methyl sites for hydroxylation is 2. The summed E-state index contributed by atoms with van der Waals surface area (Å²) in [7, 11) is 0. The SMILES string of the molecule is CCc1nc(-c2ccc(Cl)cn2)nc(CC)c1CCN. The van der Waals surface area contributed by atoms with Crippen LogP contribution in [0, 0.1) is 0 Å². The highest BCUT2D eigenvalue weighted by molar-refractivity contribution is 6.30. The molecule has 0 bridgehead atoms. The first-order valence-corrected chi connectivity index (χ1v) is 7.28. The van der Waals surface area contributed by atoms with Crippen LogP contribution in [0.2, 0.25) is 5.02 Å². The van der Waals surface area contributed by atoms with Crippen LogP contribution < -0.4 is 5.73 Å². The zero-order valence-electron chi connectivity index (χ0n) is 11.9. The summed E-state index contributed by atoms with van der Waals surface area (Å²) in [5.41, 5.74) is 9.76. The Balaban J connectivity index is 2.52. The smallest absolute Gasteiger partial charge is 0.178 e. The predicted molar refractivity (Wildman–Crippen MR) is 81.8 cm³/mol. The highest BCUT2D eigenvalue weighted by Gasteiger charge is 2.13. The first-order valence-electron chi connectivity index (χ1n) is 6.90. The Bertz CT molecular complexity index is 556. The van der Waals surface area contributed by atoms with Crippen LogP contribution in [0.5, 0.6) is 0 Å². The van der Waals surface area contributed by atoms with Crippen LogP contribution in [0.4, 0.5) is 0 Å². The van der Waals surface area contributed by atoms with Gasteiger partial charge in [0, 0.05) is 17.6 Å². The predicted octanol–water partition coefficient (Wildman–Crippen LogP) is 2.82. The molecule has 0 fully saturated rings. The molecule has 0 spiro atoms. The van der Waals surface area contributed by atoms with E-state index in [4.69, 9.17) is 17.3 Å². The van der Waals surface area contributed by atoms with Crippen LogP contribution in [0.1, 0.15) is 30.8 Å². The molecule has 106 valence electrons. The zero-order valence-corrected chi connectivity index (χ0v) is 12.6. The molecule has 5 heteroatoms. The van der Waals surface area contributed by atoms with Gasteiger partial charge in [-0.05, 0) is 43.5 Å². The third-order valence-corrected chi connectivity index (χ3v) is 3.42. The van der Waals surface area contributed by atoms with Gasteiger partial charge in [0.15, 0.2) is 5.82 Å². The molecule has 0 aliphatic carbocycles. The lowest BCUT2D eigenvalue weighted by molar-refractivity contribution is 0.843. The molecule has 0 amide bonds. The second-order valence-electron chi connectivity index (χ2n) is 4.53. The van der Waals surface area contributed by atoms with E-state index in [2.05, 4.69) is 28.8 Å². The van der Waals surface area contributed by atoms with Crippen molar-refractivity contribution in [1.29, 1.82) is 0 Å². The topological polar surface area (TPSA) is 64.7 Å². The van der Waals surface area contributed by atoms with E-state index in [1.165, 1.54) is 5.56 Å². The molecule has 0 aliphatic heterocycles. The molecule has 2 aromatic heterocycles. The second kappa shape index (κ2) is 6.77. The van der Waals surface area contributed by atoms with Gasteiger partial charge in [-0.1, -0.05) is 25.4 Å². The molecule has 0 unspecified atom stereocenters. The number of nitrogens with two attached hydrogens (primary N) is 1. The molecule has 4 nitrogen and oxygen atoms in total. The molecule has 0 aliphatic rings. The summed E-state index contributed by atoms with van der Waals surface area (Å²) in [6.07, 6.45) is 4.17. The lowest BCUT2D eigenvalue weighted by Crippen LogP contribution is -2.12. The average Bonchev–Trinajstić information content (AvgIpc) is 2.48. The lowest BCUT2D eigenvalue weighted by Gasteiger charge is -2.13. The fourth-order valence-electron chi connectivity index (χ4n) is 2.22. The van der Waals surface area contributed by atoms with Crippen LogP contribution in [-0.2, 0) is 19.3 Å². The average molecular weight is 291 g/mol. The lowest BCUT2D eigenvalue weighted by atomic mass is 10.0. The molecule has 2 N–H and O–H groups in total. The van der Waals surface area contributed by atoms with Gasteiger partial charge in [0.2, 0.25) is 0 Å². The molecule has 0 atom stereocenters. The van der Waals surface area contributed by atoms with E-state index in [9.17, 15) is 0 Å². The number of rotatable bonds is 5. The Morgan fingerprint density at radius 1 is 1.10 bits per heavy atom. The number of pyridine rings is 1. The summed E-state index contributed by atoms with van der Waals surface area (Å²) in [6, 6.07) is 3.65. The van der Waals surface area contributed by atoms with Crippen molar-refractivity contribution in [3.8, 4) is 11.5 Å². The monoisotopic (exact) mass is 290 g/mol. The van der Waals surface area contributed by atoms with E-state index in [-0.39, 0.29) is 0 Å². The van der Waals surface area contributed by atoms with Gasteiger partial charge in [-0.25, -0.2) is 9.97 Å². The molecule has 0 saturated heterocycles. The van der Waals surface area contributed by atoms with Gasteiger partial charge in [-0.15, -0.1) is 0 Å². The first-order chi connectivity index (χ1) is 9.69. The maximum atomic E-state index is 5.87. The summed E-state index contributed by atoms with van der Waals surface area (Å²) in [4.78, 5) is 13.6. The fourth-order valence-corrected chi connectivity index (χ4v) is 2.33. The van der Waals surface area contributed by atoms with Crippen LogP contribution in [-0.4, -0.2) is 21.5 Å². The maximum Gasteiger partial charge on any atom is 0.178 e. The van der Waals surface area contributed by atoms with Gasteiger partial charge >= 0.3 is 0 Å². The van der Waals surface area contributed by atoms with Crippen molar-refractivity contribution in [3.05, 3.63) is 40.3 Å². The van der Waals surface area contributed by atoms with Gasteiger partial charge in [-0.2, -0.15) is 0 Å². The number of hydrogen-bond donors (Lipinski definition) is 1. The Labute approximate surface area is 124 Å². The van der Waals surface area contributed by atoms with Gasteiger partial charge in [0.05, 0.1) is 5.02 Å². The summed E-state index contributed by atoms with van der Waals surface area (Å²) in [5, 5.41) is 0.611. The van der Waals surface area contributed by atoms with Crippen LogP contribution >= 0.6 is 11.6 Å². The zero-order chi connectivity index (χ0) is 14.5. The molecule has 20 heavy (non-hydrogen) atoms. The van der Waals surface area contributed by atoms with Gasteiger partial charge in [0.25, 0.3) is 0 Å². The third-order valence-electron chi connectivity index (χ3n) is 3.20. The van der Waals surface area contributed by atoms with Gasteiger partial charge in [-0.3, -0.25) is 4.98 Å². The van der Waals surface area contributed by atoms with E-state index < -0.39 is 0 Å². The molecule has 0 radical (unpaired) electrons. The molecular weight excluding hydrogens is 272 g/mol. The molecular formula is C15H19ClN4. The molecule has 2 heterocycles. The minimum atomic E-state index is 0.611. The third kappa shape index (κ3) is 3.14. The van der Waals surface area contributed by atoms with Gasteiger partial charge in [0.1, 0.15) is 5.69 Å². The summed E-state index contributed by atoms with van der Waals surface area (Å²) >= 11 is 5.87. The molecule has 0 saturated carbocycles. The summed E-state index contributed by atoms with van der Waals surface area (Å²) in [5.74, 6) is 0.663. The molecule has 0 aromatic carbocycles. The van der Waals surface area contributed by atoms with Crippen LogP contribution in [0.25, 0.3) is 11.5 Å². The minimum absolute atomic E-state index is 0.611. The molecule has 2 aromatic rings. The van der Waals surface area contributed by atoms with Gasteiger partial charge < -0.3 is 5.73 Å². The second-order valence-corrected chi connectivity index (χ2v) is 4.96. The van der Waals surface area contributed by atoms with E-state index in [1.54, 1.807) is 12.3 Å². The highest BCUT2D eigenvalue weighted by atomic mass is 35.5. The van der Waals surface area contributed by atoms with Crippen molar-refractivity contribution in [2.45, 2.75) is 33.1 Å². The Morgan fingerprint density at radius 3 is 2.20 bits per heavy atom. The number of nitrogens with zero attached hydrogens (tertiary/aromatic N) is 3. The molecule has 2 rings (SSSR count). The largest absolute Gasteiger partial charge is 0.330 e. The van der Waals surface area contributed by atoms with E-state index in [0.717, 1.165) is 36.3 Å². The quantitative estimate of drug-likeness (QED) is 0.919. The Morgan fingerprint density at radius 2 is 1.75 bits per heavy atom. The number of halogens is 1. The normalized spacial score (nSPS) is 10.8. The summed E-state index contributed by atoms with van der Waals surface area (Å²) < 4.78 is 0. The van der Waals surface area contributed by atoms with Crippen molar-refractivity contribution in [3.63, 3.8) is 0 Å². The minimum Gasteiger partial charge on any atom is -0.330 e. The van der Waals surface area contributed by atoms with Crippen molar-refractivity contribution in [2.24, 2.45) is 5.73 Å². The standard InChI is InChI=1S/C15H19ClN4/c1-3-12-11(7-8-17)13(4-2)20-15(19-12)14-6-5-10(16)9-18-14/h5-6,9H,3-4,7-8,17H2,1-2H3. The Hall–Kier alpha value is -1.52. The number of hydrogen-bond acceptors (Lipinski definition) is 4. The van der Waals surface area contributed by atoms with Crippen molar-refractivity contribution >= 4 is 11.6 Å². The van der Waals surface area contributed by atoms with Crippen LogP contribution in [0.15, 0.2) is 18.3 Å². The van der Waals surface area contributed by atoms with E-state index in [0.29, 0.717) is 17.4 Å². The fraction of sp³-hybridized carbons (Fsp3) is 0.400. The van der Waals surface area contributed by atoms with Crippen molar-refractivity contribution in [1.82, 2.24) is 15.0 Å². The first kappa shape index (κ1) is 14.9. The number of aromatic nitrogens is 3. The van der Waals surface area contributed by atoms with Crippen molar-refractivity contribution < 1.29 is 0 Å².